The average Bonchev–Trinajstić information content (AvgIpc) is 2.60. The number of halogens is 1. The van der Waals surface area contributed by atoms with Gasteiger partial charge in [-0.15, -0.1) is 11.8 Å². The molecule has 0 spiro atoms. The molecule has 0 saturated carbocycles. The Hall–Kier alpha value is -2.17. The number of fused-ring (bicyclic) bond motifs is 1. The Bertz CT molecular complexity index is 893. The van der Waals surface area contributed by atoms with Gasteiger partial charge in [0.15, 0.2) is 0 Å². The zero-order valence-electron chi connectivity index (χ0n) is 13.5. The molecular formula is C20H18ClNO2S. The number of amides is 1. The summed E-state index contributed by atoms with van der Waals surface area (Å²) in [5, 5.41) is 15.1. The predicted molar refractivity (Wildman–Crippen MR) is 105 cm³/mol. The van der Waals surface area contributed by atoms with E-state index in [-0.39, 0.29) is 11.7 Å². The molecule has 0 heterocycles. The molecule has 0 aliphatic heterocycles. The highest BCUT2D eigenvalue weighted by atomic mass is 35.5. The van der Waals surface area contributed by atoms with Crippen molar-refractivity contribution >= 4 is 40.0 Å². The van der Waals surface area contributed by atoms with Crippen molar-refractivity contribution in [3.8, 4) is 5.75 Å². The highest BCUT2D eigenvalue weighted by molar-refractivity contribution is 8.00. The van der Waals surface area contributed by atoms with Gasteiger partial charge in [-0.25, -0.2) is 0 Å². The van der Waals surface area contributed by atoms with Crippen LogP contribution in [0.5, 0.6) is 5.75 Å². The van der Waals surface area contributed by atoms with E-state index in [1.807, 2.05) is 42.5 Å². The van der Waals surface area contributed by atoms with Crippen LogP contribution in [0.15, 0.2) is 65.6 Å². The lowest BCUT2D eigenvalue weighted by molar-refractivity contribution is -0.118. The average molecular weight is 372 g/mol. The van der Waals surface area contributed by atoms with E-state index in [4.69, 9.17) is 11.6 Å². The van der Waals surface area contributed by atoms with Gasteiger partial charge in [0.05, 0.1) is 5.75 Å². The van der Waals surface area contributed by atoms with Crippen LogP contribution in [0.4, 0.5) is 0 Å². The summed E-state index contributed by atoms with van der Waals surface area (Å²) in [5.41, 5.74) is 0.994. The van der Waals surface area contributed by atoms with E-state index in [9.17, 15) is 9.90 Å². The van der Waals surface area contributed by atoms with Crippen molar-refractivity contribution in [3.63, 3.8) is 0 Å². The van der Waals surface area contributed by atoms with Crippen LogP contribution in [0, 0.1) is 0 Å². The maximum atomic E-state index is 12.1. The number of hydrogen-bond acceptors (Lipinski definition) is 3. The van der Waals surface area contributed by atoms with Crippen LogP contribution in [0.1, 0.15) is 5.56 Å². The van der Waals surface area contributed by atoms with Crippen molar-refractivity contribution in [3.05, 3.63) is 71.2 Å². The normalized spacial score (nSPS) is 10.8. The van der Waals surface area contributed by atoms with Crippen molar-refractivity contribution in [1.82, 2.24) is 5.32 Å². The SMILES string of the molecule is O=C(CSc1cccc2cccc(Cl)c12)NCCc1cccc(O)c1. The minimum absolute atomic E-state index is 0.0193. The Morgan fingerprint density at radius 2 is 1.84 bits per heavy atom. The first-order valence-electron chi connectivity index (χ1n) is 7.98. The molecule has 0 saturated heterocycles. The molecule has 3 aromatic carbocycles. The molecule has 0 bridgehead atoms. The van der Waals surface area contributed by atoms with Crippen molar-refractivity contribution in [2.45, 2.75) is 11.3 Å². The first-order chi connectivity index (χ1) is 12.1. The van der Waals surface area contributed by atoms with Gasteiger partial charge in [0.1, 0.15) is 5.75 Å². The molecule has 0 aliphatic rings. The number of hydrogen-bond donors (Lipinski definition) is 2. The monoisotopic (exact) mass is 371 g/mol. The van der Waals surface area contributed by atoms with Crippen molar-refractivity contribution in [2.24, 2.45) is 0 Å². The van der Waals surface area contributed by atoms with E-state index >= 15 is 0 Å². The minimum Gasteiger partial charge on any atom is -0.508 e. The minimum atomic E-state index is -0.0193. The number of phenols is 1. The van der Waals surface area contributed by atoms with Gasteiger partial charge in [-0.3, -0.25) is 4.79 Å². The molecule has 2 N–H and O–H groups in total. The molecule has 0 aliphatic carbocycles. The van der Waals surface area contributed by atoms with Crippen LogP contribution < -0.4 is 5.32 Å². The lowest BCUT2D eigenvalue weighted by Crippen LogP contribution is -2.27. The first-order valence-corrected chi connectivity index (χ1v) is 9.34. The third kappa shape index (κ3) is 4.68. The van der Waals surface area contributed by atoms with E-state index < -0.39 is 0 Å². The summed E-state index contributed by atoms with van der Waals surface area (Å²) >= 11 is 7.79. The zero-order valence-corrected chi connectivity index (χ0v) is 15.1. The fourth-order valence-corrected chi connectivity index (χ4v) is 3.91. The molecule has 3 aromatic rings. The summed E-state index contributed by atoms with van der Waals surface area (Å²) in [5.74, 6) is 0.561. The van der Waals surface area contributed by atoms with Crippen LogP contribution >= 0.6 is 23.4 Å². The number of carbonyl (C=O) groups is 1. The van der Waals surface area contributed by atoms with E-state index in [0.717, 1.165) is 21.2 Å². The molecule has 0 fully saturated rings. The summed E-state index contributed by atoms with van der Waals surface area (Å²) in [7, 11) is 0. The lowest BCUT2D eigenvalue weighted by Gasteiger charge is -2.09. The first kappa shape index (κ1) is 17.6. The Morgan fingerprint density at radius 1 is 1.08 bits per heavy atom. The zero-order chi connectivity index (χ0) is 17.6. The second-order valence-electron chi connectivity index (χ2n) is 5.65. The second-order valence-corrected chi connectivity index (χ2v) is 7.08. The van der Waals surface area contributed by atoms with Gasteiger partial charge < -0.3 is 10.4 Å². The number of aromatic hydroxyl groups is 1. The molecule has 25 heavy (non-hydrogen) atoms. The van der Waals surface area contributed by atoms with E-state index in [2.05, 4.69) is 5.32 Å². The largest absolute Gasteiger partial charge is 0.508 e. The van der Waals surface area contributed by atoms with Gasteiger partial charge >= 0.3 is 0 Å². The summed E-state index contributed by atoms with van der Waals surface area (Å²) in [6.07, 6.45) is 0.685. The van der Waals surface area contributed by atoms with Crippen molar-refractivity contribution in [2.75, 3.05) is 12.3 Å². The fourth-order valence-electron chi connectivity index (χ4n) is 2.64. The summed E-state index contributed by atoms with van der Waals surface area (Å²) in [6, 6.07) is 18.8. The van der Waals surface area contributed by atoms with Gasteiger partial charge in [0, 0.05) is 21.8 Å². The molecule has 1 amide bonds. The topological polar surface area (TPSA) is 49.3 Å². The number of benzene rings is 3. The molecule has 0 aromatic heterocycles. The van der Waals surface area contributed by atoms with Gasteiger partial charge in [-0.1, -0.05) is 48.0 Å². The van der Waals surface area contributed by atoms with Crippen LogP contribution in [-0.2, 0) is 11.2 Å². The standard InChI is InChI=1S/C20H18ClNO2S/c21-17-8-2-5-15-6-3-9-18(20(15)17)25-13-19(24)22-11-10-14-4-1-7-16(23)12-14/h1-9,12,23H,10-11,13H2,(H,22,24). The van der Waals surface area contributed by atoms with E-state index in [0.29, 0.717) is 23.7 Å². The Kier molecular flexibility index (Phi) is 5.84. The third-order valence-electron chi connectivity index (χ3n) is 3.82. The van der Waals surface area contributed by atoms with Crippen molar-refractivity contribution < 1.29 is 9.90 Å². The molecule has 128 valence electrons. The van der Waals surface area contributed by atoms with Crippen molar-refractivity contribution in [1.29, 1.82) is 0 Å². The number of rotatable bonds is 6. The van der Waals surface area contributed by atoms with Gasteiger partial charge in [0.2, 0.25) is 5.91 Å². The van der Waals surface area contributed by atoms with Crippen LogP contribution in [-0.4, -0.2) is 23.3 Å². The third-order valence-corrected chi connectivity index (χ3v) is 5.19. The molecule has 3 rings (SSSR count). The maximum Gasteiger partial charge on any atom is 0.230 e. The molecule has 0 unspecified atom stereocenters. The Morgan fingerprint density at radius 3 is 2.64 bits per heavy atom. The predicted octanol–water partition coefficient (Wildman–Crippen LogP) is 4.65. The van der Waals surface area contributed by atoms with Gasteiger partial charge in [0.25, 0.3) is 0 Å². The number of phenolic OH excluding ortho intramolecular Hbond substituents is 1. The number of nitrogens with one attached hydrogen (secondary N) is 1. The molecule has 5 heteroatoms. The molecule has 3 nitrogen and oxygen atoms in total. The van der Waals surface area contributed by atoms with Crippen LogP contribution in [0.2, 0.25) is 5.02 Å². The van der Waals surface area contributed by atoms with Crippen LogP contribution in [0.3, 0.4) is 0 Å². The van der Waals surface area contributed by atoms with E-state index in [1.54, 1.807) is 18.2 Å². The summed E-state index contributed by atoms with van der Waals surface area (Å²) in [4.78, 5) is 13.1. The molecular weight excluding hydrogens is 354 g/mol. The number of thioether (sulfide) groups is 1. The van der Waals surface area contributed by atoms with Crippen LogP contribution in [0.25, 0.3) is 10.8 Å². The summed E-state index contributed by atoms with van der Waals surface area (Å²) in [6.45, 7) is 0.541. The Balaban J connectivity index is 1.54. The smallest absolute Gasteiger partial charge is 0.230 e. The second kappa shape index (κ2) is 8.28. The van der Waals surface area contributed by atoms with E-state index in [1.165, 1.54) is 11.8 Å². The van der Waals surface area contributed by atoms with Gasteiger partial charge in [-0.2, -0.15) is 0 Å². The van der Waals surface area contributed by atoms with Gasteiger partial charge in [-0.05, 0) is 41.6 Å². The highest BCUT2D eigenvalue weighted by Crippen LogP contribution is 2.33. The fraction of sp³-hybridized carbons (Fsp3) is 0.150. The Labute approximate surface area is 156 Å². The summed E-state index contributed by atoms with van der Waals surface area (Å²) < 4.78 is 0. The highest BCUT2D eigenvalue weighted by Gasteiger charge is 2.08. The maximum absolute atomic E-state index is 12.1. The molecule has 0 atom stereocenters. The lowest BCUT2D eigenvalue weighted by atomic mass is 10.1. The number of carbonyl (C=O) groups excluding carboxylic acids is 1. The molecule has 0 radical (unpaired) electrons. The quantitative estimate of drug-likeness (QED) is 0.620.